The first kappa shape index (κ1) is 14.7. The lowest BCUT2D eigenvalue weighted by Gasteiger charge is -2.39. The van der Waals surface area contributed by atoms with Crippen molar-refractivity contribution in [3.8, 4) is 0 Å². The summed E-state index contributed by atoms with van der Waals surface area (Å²) in [5, 5.41) is 8.89. The summed E-state index contributed by atoms with van der Waals surface area (Å²) in [5.74, 6) is 7.89. The molecule has 2 atom stereocenters. The Morgan fingerprint density at radius 1 is 1.24 bits per heavy atom. The van der Waals surface area contributed by atoms with Gasteiger partial charge in [0.1, 0.15) is 0 Å². The van der Waals surface area contributed by atoms with Crippen LogP contribution in [0.15, 0.2) is 5.16 Å². The first-order chi connectivity index (χ1) is 10.1. The summed E-state index contributed by atoms with van der Waals surface area (Å²) in [5.41, 5.74) is 0. The molecule has 21 heavy (non-hydrogen) atoms. The molecule has 0 spiro atoms. The molecule has 1 saturated heterocycles. The molecule has 2 N–H and O–H groups in total. The van der Waals surface area contributed by atoms with Gasteiger partial charge < -0.3 is 10.7 Å². The SMILES string of the molecule is C[C@@H]1CCC[C@H](C)N1C(=O)CSc1nnc(C2CC2)n1N. The summed E-state index contributed by atoms with van der Waals surface area (Å²) in [6.07, 6.45) is 5.68. The van der Waals surface area contributed by atoms with Crippen molar-refractivity contribution in [2.24, 2.45) is 0 Å². The van der Waals surface area contributed by atoms with Crippen LogP contribution in [0.2, 0.25) is 0 Å². The molecule has 1 aliphatic carbocycles. The van der Waals surface area contributed by atoms with Crippen LogP contribution in [-0.4, -0.2) is 43.5 Å². The van der Waals surface area contributed by atoms with E-state index in [-0.39, 0.29) is 5.91 Å². The Morgan fingerprint density at radius 2 is 1.90 bits per heavy atom. The van der Waals surface area contributed by atoms with Crippen LogP contribution in [0.3, 0.4) is 0 Å². The number of amides is 1. The number of thioether (sulfide) groups is 1. The van der Waals surface area contributed by atoms with Crippen molar-refractivity contribution < 1.29 is 4.79 Å². The lowest BCUT2D eigenvalue weighted by atomic mass is 9.98. The molecular formula is C14H23N5OS. The molecule has 2 aliphatic rings. The highest BCUT2D eigenvalue weighted by Crippen LogP contribution is 2.39. The summed E-state index contributed by atoms with van der Waals surface area (Å²) < 4.78 is 1.55. The predicted molar refractivity (Wildman–Crippen MR) is 82.5 cm³/mol. The molecular weight excluding hydrogens is 286 g/mol. The Bertz CT molecular complexity index is 517. The fourth-order valence-corrected chi connectivity index (χ4v) is 3.85. The molecule has 2 heterocycles. The molecule has 6 nitrogen and oxygen atoms in total. The molecule has 0 bridgehead atoms. The second-order valence-corrected chi connectivity index (χ2v) is 7.15. The molecule has 0 radical (unpaired) electrons. The van der Waals surface area contributed by atoms with E-state index in [1.54, 1.807) is 4.68 Å². The maximum atomic E-state index is 12.5. The summed E-state index contributed by atoms with van der Waals surface area (Å²) in [6, 6.07) is 0.666. The third-order valence-electron chi connectivity index (χ3n) is 4.44. The molecule has 3 rings (SSSR count). The summed E-state index contributed by atoms with van der Waals surface area (Å²) in [7, 11) is 0. The fraction of sp³-hybridized carbons (Fsp3) is 0.786. The van der Waals surface area contributed by atoms with E-state index < -0.39 is 0 Å². The predicted octanol–water partition coefficient (Wildman–Crippen LogP) is 1.75. The minimum absolute atomic E-state index is 0.177. The van der Waals surface area contributed by atoms with E-state index in [2.05, 4.69) is 24.0 Å². The number of nitrogen functional groups attached to an aromatic ring is 1. The van der Waals surface area contributed by atoms with Crippen LogP contribution in [-0.2, 0) is 4.79 Å². The van der Waals surface area contributed by atoms with Crippen molar-refractivity contribution in [1.29, 1.82) is 0 Å². The lowest BCUT2D eigenvalue weighted by Crippen LogP contribution is -2.48. The number of aromatic nitrogens is 3. The molecule has 1 aromatic rings. The molecule has 1 saturated carbocycles. The van der Waals surface area contributed by atoms with Gasteiger partial charge in [-0.05, 0) is 46.0 Å². The third kappa shape index (κ3) is 3.02. The molecule has 1 amide bonds. The average molecular weight is 309 g/mol. The highest BCUT2D eigenvalue weighted by molar-refractivity contribution is 7.99. The van der Waals surface area contributed by atoms with Crippen LogP contribution in [0.4, 0.5) is 0 Å². The largest absolute Gasteiger partial charge is 0.337 e. The van der Waals surface area contributed by atoms with E-state index in [4.69, 9.17) is 5.84 Å². The van der Waals surface area contributed by atoms with Crippen LogP contribution in [0.25, 0.3) is 0 Å². The molecule has 2 fully saturated rings. The Balaban J connectivity index is 1.60. The quantitative estimate of drug-likeness (QED) is 0.677. The monoisotopic (exact) mass is 309 g/mol. The maximum absolute atomic E-state index is 12.5. The number of likely N-dealkylation sites (tertiary alicyclic amines) is 1. The smallest absolute Gasteiger partial charge is 0.233 e. The van der Waals surface area contributed by atoms with Gasteiger partial charge in [-0.25, -0.2) is 4.68 Å². The van der Waals surface area contributed by atoms with E-state index in [0.717, 1.165) is 31.5 Å². The van der Waals surface area contributed by atoms with Crippen LogP contribution in [0.1, 0.15) is 57.7 Å². The van der Waals surface area contributed by atoms with Gasteiger partial charge in [-0.1, -0.05) is 11.8 Å². The van der Waals surface area contributed by atoms with E-state index in [1.165, 1.54) is 18.2 Å². The Labute approximate surface area is 129 Å². The van der Waals surface area contributed by atoms with Gasteiger partial charge >= 0.3 is 0 Å². The highest BCUT2D eigenvalue weighted by Gasteiger charge is 2.31. The standard InChI is InChI=1S/C14H23N5OS/c1-9-4-3-5-10(2)18(9)12(20)8-21-14-17-16-13(19(14)15)11-6-7-11/h9-11H,3-8,15H2,1-2H3/t9-,10+. The zero-order valence-corrected chi connectivity index (χ0v) is 13.5. The number of hydrogen-bond donors (Lipinski definition) is 1. The summed E-state index contributed by atoms with van der Waals surface area (Å²) >= 11 is 1.39. The molecule has 0 unspecified atom stereocenters. The summed E-state index contributed by atoms with van der Waals surface area (Å²) in [4.78, 5) is 14.5. The number of carbonyl (C=O) groups is 1. The Hall–Kier alpha value is -1.24. The third-order valence-corrected chi connectivity index (χ3v) is 5.37. The number of piperidine rings is 1. The minimum Gasteiger partial charge on any atom is -0.337 e. The van der Waals surface area contributed by atoms with Gasteiger partial charge in [0.15, 0.2) is 5.82 Å². The van der Waals surface area contributed by atoms with Crippen LogP contribution in [0.5, 0.6) is 0 Å². The Kier molecular flexibility index (Phi) is 4.10. The van der Waals surface area contributed by atoms with Gasteiger partial charge in [-0.15, -0.1) is 10.2 Å². The van der Waals surface area contributed by atoms with Gasteiger partial charge in [0.25, 0.3) is 0 Å². The molecule has 1 aromatic heterocycles. The molecule has 0 aromatic carbocycles. The van der Waals surface area contributed by atoms with Crippen LogP contribution in [0, 0.1) is 0 Å². The number of nitrogens with two attached hydrogens (primary N) is 1. The minimum atomic E-state index is 0.177. The van der Waals surface area contributed by atoms with Crippen molar-refractivity contribution in [3.05, 3.63) is 5.82 Å². The van der Waals surface area contributed by atoms with Crippen molar-refractivity contribution >= 4 is 17.7 Å². The first-order valence-corrected chi connectivity index (χ1v) is 8.71. The van der Waals surface area contributed by atoms with Crippen molar-refractivity contribution in [2.45, 2.75) is 69.1 Å². The van der Waals surface area contributed by atoms with Gasteiger partial charge in [-0.2, -0.15) is 0 Å². The zero-order chi connectivity index (χ0) is 15.0. The zero-order valence-electron chi connectivity index (χ0n) is 12.7. The van der Waals surface area contributed by atoms with Crippen molar-refractivity contribution in [2.75, 3.05) is 11.6 Å². The van der Waals surface area contributed by atoms with E-state index in [1.807, 2.05) is 4.90 Å². The molecule has 1 aliphatic heterocycles. The van der Waals surface area contributed by atoms with Gasteiger partial charge in [0.05, 0.1) is 5.75 Å². The highest BCUT2D eigenvalue weighted by atomic mass is 32.2. The topological polar surface area (TPSA) is 77.0 Å². The van der Waals surface area contributed by atoms with E-state index in [9.17, 15) is 4.79 Å². The van der Waals surface area contributed by atoms with Crippen LogP contribution >= 0.6 is 11.8 Å². The second-order valence-electron chi connectivity index (χ2n) is 6.20. The first-order valence-electron chi connectivity index (χ1n) is 7.72. The van der Waals surface area contributed by atoms with Crippen molar-refractivity contribution in [3.63, 3.8) is 0 Å². The van der Waals surface area contributed by atoms with Crippen molar-refractivity contribution in [1.82, 2.24) is 19.8 Å². The number of nitrogens with zero attached hydrogens (tertiary/aromatic N) is 4. The molecule has 7 heteroatoms. The van der Waals surface area contributed by atoms with Gasteiger partial charge in [0, 0.05) is 18.0 Å². The number of carbonyl (C=O) groups excluding carboxylic acids is 1. The molecule has 116 valence electrons. The van der Waals surface area contributed by atoms with E-state index >= 15 is 0 Å². The summed E-state index contributed by atoms with van der Waals surface area (Å²) in [6.45, 7) is 4.27. The average Bonchev–Trinajstić information content (AvgIpc) is 3.21. The second kappa shape index (κ2) is 5.87. The lowest BCUT2D eigenvalue weighted by molar-refractivity contribution is -0.134. The van der Waals surface area contributed by atoms with Crippen LogP contribution < -0.4 is 5.84 Å². The van der Waals surface area contributed by atoms with E-state index in [0.29, 0.717) is 28.9 Å². The van der Waals surface area contributed by atoms with Gasteiger partial charge in [-0.3, -0.25) is 4.79 Å². The fourth-order valence-electron chi connectivity index (χ4n) is 3.12. The number of hydrogen-bond acceptors (Lipinski definition) is 5. The Morgan fingerprint density at radius 3 is 2.52 bits per heavy atom. The normalized spacial score (nSPS) is 26.1. The number of rotatable bonds is 4. The van der Waals surface area contributed by atoms with Gasteiger partial charge in [0.2, 0.25) is 11.1 Å². The maximum Gasteiger partial charge on any atom is 0.233 e.